The number of aromatic nitrogens is 3. The van der Waals surface area contributed by atoms with Gasteiger partial charge in [-0.15, -0.1) is 5.10 Å². The van der Waals surface area contributed by atoms with Crippen LogP contribution in [0.4, 0.5) is 14.5 Å². The number of amides is 3. The zero-order valence-electron chi connectivity index (χ0n) is 25.3. The lowest BCUT2D eigenvalue weighted by molar-refractivity contribution is -0.148. The SMILES string of the molecule is CN(C(=O)[C@H](CC(C)(C)C)n1cc(C2CC2)nn1)[C@@H](CC1CC1)C(=O)N1C[C@@]2(C[C@H]1C#N)Oc1cc(F)cc(F)c1NC2=O. The summed E-state index contributed by atoms with van der Waals surface area (Å²) in [7, 11) is 1.60. The van der Waals surface area contributed by atoms with E-state index in [1.807, 2.05) is 27.0 Å². The van der Waals surface area contributed by atoms with E-state index >= 15 is 0 Å². The van der Waals surface area contributed by atoms with Gasteiger partial charge in [0.05, 0.1) is 18.3 Å². The van der Waals surface area contributed by atoms with Crippen molar-refractivity contribution < 1.29 is 27.9 Å². The third kappa shape index (κ3) is 5.74. The highest BCUT2D eigenvalue weighted by Gasteiger charge is 2.57. The molecule has 0 radical (unpaired) electrons. The molecule has 3 fully saturated rings. The van der Waals surface area contributed by atoms with Gasteiger partial charge in [0.1, 0.15) is 29.6 Å². The van der Waals surface area contributed by atoms with E-state index in [1.54, 1.807) is 11.7 Å². The molecule has 234 valence electrons. The van der Waals surface area contributed by atoms with Crippen LogP contribution in [0.15, 0.2) is 18.3 Å². The van der Waals surface area contributed by atoms with Gasteiger partial charge in [0.15, 0.2) is 11.6 Å². The van der Waals surface area contributed by atoms with Crippen LogP contribution in [0.3, 0.4) is 0 Å². The van der Waals surface area contributed by atoms with Crippen LogP contribution >= 0.6 is 0 Å². The maximum Gasteiger partial charge on any atom is 0.270 e. The molecule has 0 unspecified atom stereocenters. The number of halogens is 2. The molecule has 1 aromatic heterocycles. The van der Waals surface area contributed by atoms with E-state index in [0.717, 1.165) is 37.4 Å². The Balaban J connectivity index is 1.27. The lowest BCUT2D eigenvalue weighted by atomic mass is 9.87. The zero-order valence-corrected chi connectivity index (χ0v) is 25.3. The van der Waals surface area contributed by atoms with Crippen molar-refractivity contribution in [2.24, 2.45) is 11.3 Å². The number of nitriles is 1. The van der Waals surface area contributed by atoms with E-state index in [0.29, 0.717) is 24.8 Å². The van der Waals surface area contributed by atoms with Crippen molar-refractivity contribution in [2.75, 3.05) is 18.9 Å². The van der Waals surface area contributed by atoms with Crippen LogP contribution in [0.1, 0.15) is 83.4 Å². The zero-order chi connectivity index (χ0) is 31.6. The standard InChI is InChI=1S/C31H37F2N7O4/c1-30(2,3)13-24(40-15-22(36-37-40)18-7-8-18)27(41)38(4)23(9-17-5-6-17)28(42)39-16-31(12-20(39)14-34)29(43)35-26-21(33)10-19(32)11-25(26)44-31/h10-11,15,17-18,20,23-24H,5-9,12-13,16H2,1-4H3,(H,35,43)/t20-,23-,24-,31+/m0/s1. The van der Waals surface area contributed by atoms with Gasteiger partial charge in [0.25, 0.3) is 5.91 Å². The molecule has 3 heterocycles. The minimum Gasteiger partial charge on any atom is -0.473 e. The molecule has 1 saturated heterocycles. The Labute approximate surface area is 254 Å². The van der Waals surface area contributed by atoms with Gasteiger partial charge < -0.3 is 19.9 Å². The fraction of sp³-hybridized carbons (Fsp3) is 0.613. The average molecular weight is 610 g/mol. The number of anilines is 1. The van der Waals surface area contributed by atoms with Gasteiger partial charge in [-0.05, 0) is 37.0 Å². The number of nitrogens with one attached hydrogen (secondary N) is 1. The van der Waals surface area contributed by atoms with Gasteiger partial charge >= 0.3 is 0 Å². The number of carbonyl (C=O) groups is 3. The van der Waals surface area contributed by atoms with E-state index in [-0.39, 0.29) is 41.6 Å². The van der Waals surface area contributed by atoms with Crippen LogP contribution in [0.2, 0.25) is 0 Å². The molecule has 2 saturated carbocycles. The summed E-state index contributed by atoms with van der Waals surface area (Å²) in [6, 6.07) is 1.04. The Hall–Kier alpha value is -4.08. The molecule has 4 atom stereocenters. The minimum atomic E-state index is -1.72. The van der Waals surface area contributed by atoms with Gasteiger partial charge in [-0.25, -0.2) is 13.5 Å². The molecule has 3 amide bonds. The molecule has 11 nitrogen and oxygen atoms in total. The Morgan fingerprint density at radius 2 is 1.98 bits per heavy atom. The van der Waals surface area contributed by atoms with E-state index < -0.39 is 47.2 Å². The first-order valence-corrected chi connectivity index (χ1v) is 15.2. The predicted octanol–water partition coefficient (Wildman–Crippen LogP) is 3.93. The Bertz CT molecular complexity index is 1540. The van der Waals surface area contributed by atoms with Gasteiger partial charge in [-0.1, -0.05) is 38.8 Å². The van der Waals surface area contributed by atoms with E-state index in [9.17, 15) is 28.4 Å². The number of carbonyl (C=O) groups excluding carboxylic acids is 3. The minimum absolute atomic E-state index is 0.192. The summed E-state index contributed by atoms with van der Waals surface area (Å²) in [4.78, 5) is 44.5. The van der Waals surface area contributed by atoms with Crippen LogP contribution in [0, 0.1) is 34.3 Å². The van der Waals surface area contributed by atoms with Crippen molar-refractivity contribution in [3.8, 4) is 11.8 Å². The maximum absolute atomic E-state index is 14.4. The van der Waals surface area contributed by atoms with Crippen molar-refractivity contribution >= 4 is 23.4 Å². The van der Waals surface area contributed by atoms with Crippen molar-refractivity contribution in [3.05, 3.63) is 35.7 Å². The Morgan fingerprint density at radius 3 is 2.61 bits per heavy atom. The van der Waals surface area contributed by atoms with Crippen molar-refractivity contribution in [1.29, 1.82) is 5.26 Å². The first kappa shape index (κ1) is 30.0. The summed E-state index contributed by atoms with van der Waals surface area (Å²) in [6.07, 6.45) is 6.44. The molecule has 1 spiro atoms. The summed E-state index contributed by atoms with van der Waals surface area (Å²) >= 11 is 0. The number of ether oxygens (including phenoxy) is 1. The van der Waals surface area contributed by atoms with Crippen LogP contribution in [-0.4, -0.2) is 73.8 Å². The normalized spacial score (nSPS) is 24.2. The largest absolute Gasteiger partial charge is 0.473 e. The molecular formula is C31H37F2N7O4. The van der Waals surface area contributed by atoms with E-state index in [2.05, 4.69) is 21.7 Å². The third-order valence-electron chi connectivity index (χ3n) is 9.02. The van der Waals surface area contributed by atoms with Gasteiger partial charge in [-0.3, -0.25) is 14.4 Å². The van der Waals surface area contributed by atoms with E-state index in [1.165, 1.54) is 9.80 Å². The quantitative estimate of drug-likeness (QED) is 0.480. The fourth-order valence-corrected chi connectivity index (χ4v) is 6.25. The summed E-state index contributed by atoms with van der Waals surface area (Å²) in [5.41, 5.74) is -1.39. The lowest BCUT2D eigenvalue weighted by Gasteiger charge is -2.36. The third-order valence-corrected chi connectivity index (χ3v) is 9.02. The second kappa shape index (κ2) is 10.8. The summed E-state index contributed by atoms with van der Waals surface area (Å²) < 4.78 is 35.9. The van der Waals surface area contributed by atoms with Crippen molar-refractivity contribution in [1.82, 2.24) is 24.8 Å². The smallest absolute Gasteiger partial charge is 0.270 e. The number of likely N-dealkylation sites (tertiary alicyclic amines) is 1. The molecule has 6 rings (SSSR count). The number of hydrogen-bond acceptors (Lipinski definition) is 7. The molecule has 0 bridgehead atoms. The van der Waals surface area contributed by atoms with Crippen LogP contribution in [-0.2, 0) is 14.4 Å². The van der Waals surface area contributed by atoms with Crippen LogP contribution in [0.5, 0.6) is 5.75 Å². The number of rotatable bonds is 8. The summed E-state index contributed by atoms with van der Waals surface area (Å²) in [6.45, 7) is 5.79. The molecule has 2 aromatic rings. The second-order valence-electron chi connectivity index (χ2n) is 13.9. The highest BCUT2D eigenvalue weighted by atomic mass is 19.1. The van der Waals surface area contributed by atoms with Crippen molar-refractivity contribution in [2.45, 2.75) is 95.4 Å². The molecule has 44 heavy (non-hydrogen) atoms. The second-order valence-corrected chi connectivity index (χ2v) is 13.9. The molecule has 1 aromatic carbocycles. The summed E-state index contributed by atoms with van der Waals surface area (Å²) in [5.74, 6) is -2.97. The Morgan fingerprint density at radius 1 is 1.25 bits per heavy atom. The summed E-state index contributed by atoms with van der Waals surface area (Å²) in [5, 5.41) is 21.1. The number of hydrogen-bond donors (Lipinski definition) is 1. The molecule has 2 aliphatic carbocycles. The van der Waals surface area contributed by atoms with Crippen molar-refractivity contribution in [3.63, 3.8) is 0 Å². The number of likely N-dealkylation sites (N-methyl/N-ethyl adjacent to an activating group) is 1. The molecular weight excluding hydrogens is 572 g/mol. The monoisotopic (exact) mass is 609 g/mol. The first-order chi connectivity index (χ1) is 20.8. The molecule has 13 heteroatoms. The van der Waals surface area contributed by atoms with Gasteiger partial charge in [-0.2, -0.15) is 5.26 Å². The number of fused-ring (bicyclic) bond motifs is 1. The van der Waals surface area contributed by atoms with Crippen LogP contribution in [0.25, 0.3) is 0 Å². The predicted molar refractivity (Wildman–Crippen MR) is 153 cm³/mol. The average Bonchev–Trinajstić information content (AvgIpc) is 3.89. The number of benzene rings is 1. The molecule has 4 aliphatic rings. The number of nitrogens with zero attached hydrogens (tertiary/aromatic N) is 6. The Kier molecular flexibility index (Phi) is 7.37. The highest BCUT2D eigenvalue weighted by Crippen LogP contribution is 2.43. The first-order valence-electron chi connectivity index (χ1n) is 15.2. The van der Waals surface area contributed by atoms with Gasteiger partial charge in [0, 0.05) is 37.7 Å². The van der Waals surface area contributed by atoms with Gasteiger partial charge in [0.2, 0.25) is 17.4 Å². The molecule has 1 N–H and O–H groups in total. The van der Waals surface area contributed by atoms with Crippen LogP contribution < -0.4 is 10.1 Å². The topological polar surface area (TPSA) is 133 Å². The highest BCUT2D eigenvalue weighted by molar-refractivity contribution is 6.02. The molecule has 2 aliphatic heterocycles. The fourth-order valence-electron chi connectivity index (χ4n) is 6.25. The maximum atomic E-state index is 14.4. The lowest BCUT2D eigenvalue weighted by Crippen LogP contribution is -2.56. The van der Waals surface area contributed by atoms with E-state index in [4.69, 9.17) is 4.74 Å².